The lowest BCUT2D eigenvalue weighted by Gasteiger charge is -2.38. The summed E-state index contributed by atoms with van der Waals surface area (Å²) < 4.78 is 74.8. The standard InChI is InChI=1S/C21H22F5N3O2/c1-19(2,14-7-12(22)8-15(23)18(14)31-3)10-20(30,21(24,25)26)11-27-16-5-4-6-17-13(16)9-28-29-17/h4-9,27,30H,10-11H2,1-3H3,(H,28,29). The van der Waals surface area contributed by atoms with Crippen LogP contribution in [-0.4, -0.2) is 40.7 Å². The monoisotopic (exact) mass is 443 g/mol. The van der Waals surface area contributed by atoms with Gasteiger partial charge in [-0.2, -0.15) is 18.3 Å². The van der Waals surface area contributed by atoms with E-state index in [0.29, 0.717) is 22.7 Å². The van der Waals surface area contributed by atoms with Gasteiger partial charge in [0.2, 0.25) is 0 Å². The lowest BCUT2D eigenvalue weighted by atomic mass is 9.74. The SMILES string of the molecule is COc1c(F)cc(F)cc1C(C)(C)CC(O)(CNc1cccc2[nH]ncc12)C(F)(F)F. The van der Waals surface area contributed by atoms with E-state index in [1.54, 1.807) is 18.2 Å². The zero-order chi connectivity index (χ0) is 23.0. The van der Waals surface area contributed by atoms with Crippen LogP contribution in [0.2, 0.25) is 0 Å². The van der Waals surface area contributed by atoms with Gasteiger partial charge in [-0.15, -0.1) is 0 Å². The van der Waals surface area contributed by atoms with Crippen molar-refractivity contribution in [2.75, 3.05) is 19.0 Å². The average molecular weight is 443 g/mol. The Morgan fingerprint density at radius 1 is 1.16 bits per heavy atom. The molecule has 1 aromatic heterocycles. The molecule has 0 bridgehead atoms. The molecule has 1 heterocycles. The summed E-state index contributed by atoms with van der Waals surface area (Å²) in [5.74, 6) is -2.36. The maximum Gasteiger partial charge on any atom is 0.418 e. The lowest BCUT2D eigenvalue weighted by Crippen LogP contribution is -2.53. The van der Waals surface area contributed by atoms with Crippen LogP contribution < -0.4 is 10.1 Å². The van der Waals surface area contributed by atoms with Crippen molar-refractivity contribution < 1.29 is 31.8 Å². The summed E-state index contributed by atoms with van der Waals surface area (Å²) in [4.78, 5) is 0. The van der Waals surface area contributed by atoms with Gasteiger partial charge in [-0.1, -0.05) is 19.9 Å². The van der Waals surface area contributed by atoms with Crippen LogP contribution in [0.4, 0.5) is 27.6 Å². The second kappa shape index (κ2) is 7.99. The first-order chi connectivity index (χ1) is 14.4. The first kappa shape index (κ1) is 22.8. The highest BCUT2D eigenvalue weighted by atomic mass is 19.4. The molecule has 1 unspecified atom stereocenters. The number of aromatic amines is 1. The Labute approximate surface area is 175 Å². The molecule has 3 aromatic rings. The number of ether oxygens (including phenoxy) is 1. The fourth-order valence-corrected chi connectivity index (χ4v) is 3.72. The normalized spacial score (nSPS) is 14.5. The molecule has 5 nitrogen and oxygen atoms in total. The molecule has 0 aliphatic carbocycles. The van der Waals surface area contributed by atoms with Gasteiger partial charge in [0.25, 0.3) is 0 Å². The van der Waals surface area contributed by atoms with Gasteiger partial charge in [-0.05, 0) is 30.0 Å². The first-order valence-electron chi connectivity index (χ1n) is 9.36. The van der Waals surface area contributed by atoms with Gasteiger partial charge < -0.3 is 15.2 Å². The number of aromatic nitrogens is 2. The molecule has 0 spiro atoms. The molecule has 0 radical (unpaired) electrons. The van der Waals surface area contributed by atoms with Crippen molar-refractivity contribution in [3.05, 3.63) is 53.7 Å². The van der Waals surface area contributed by atoms with E-state index >= 15 is 0 Å². The molecule has 168 valence electrons. The third kappa shape index (κ3) is 4.43. The molecule has 0 aliphatic heterocycles. The molecule has 0 saturated heterocycles. The maximum absolute atomic E-state index is 14.1. The molecule has 31 heavy (non-hydrogen) atoms. The summed E-state index contributed by atoms with van der Waals surface area (Å²) >= 11 is 0. The smallest absolute Gasteiger partial charge is 0.418 e. The topological polar surface area (TPSA) is 70.2 Å². The van der Waals surface area contributed by atoms with Gasteiger partial charge in [-0.25, -0.2) is 8.78 Å². The highest BCUT2D eigenvalue weighted by Crippen LogP contribution is 2.44. The van der Waals surface area contributed by atoms with Gasteiger partial charge in [-0.3, -0.25) is 5.10 Å². The van der Waals surface area contributed by atoms with E-state index in [2.05, 4.69) is 15.5 Å². The summed E-state index contributed by atoms with van der Waals surface area (Å²) in [6.45, 7) is 1.83. The molecular weight excluding hydrogens is 421 g/mol. The molecule has 0 saturated carbocycles. The van der Waals surface area contributed by atoms with Gasteiger partial charge >= 0.3 is 6.18 Å². The van der Waals surface area contributed by atoms with Crippen LogP contribution in [-0.2, 0) is 5.41 Å². The zero-order valence-corrected chi connectivity index (χ0v) is 17.1. The van der Waals surface area contributed by atoms with Crippen LogP contribution in [0.25, 0.3) is 10.9 Å². The molecule has 3 rings (SSSR count). The number of anilines is 1. The number of alkyl halides is 3. The molecule has 2 aromatic carbocycles. The maximum atomic E-state index is 14.1. The Balaban J connectivity index is 1.95. The van der Waals surface area contributed by atoms with Crippen LogP contribution >= 0.6 is 0 Å². The fraction of sp³-hybridized carbons (Fsp3) is 0.381. The van der Waals surface area contributed by atoms with Crippen molar-refractivity contribution in [1.29, 1.82) is 0 Å². The van der Waals surface area contributed by atoms with Crippen LogP contribution in [0.1, 0.15) is 25.8 Å². The number of nitrogens with one attached hydrogen (secondary N) is 2. The number of hydrogen-bond acceptors (Lipinski definition) is 4. The summed E-state index contributed by atoms with van der Waals surface area (Å²) in [6, 6.07) is 6.39. The van der Waals surface area contributed by atoms with E-state index in [-0.39, 0.29) is 11.3 Å². The minimum absolute atomic E-state index is 0.118. The van der Waals surface area contributed by atoms with Gasteiger partial charge in [0.05, 0.1) is 25.4 Å². The third-order valence-electron chi connectivity index (χ3n) is 5.26. The number of halogens is 5. The average Bonchev–Trinajstić information content (AvgIpc) is 3.14. The highest BCUT2D eigenvalue weighted by Gasteiger charge is 2.56. The van der Waals surface area contributed by atoms with Crippen molar-refractivity contribution >= 4 is 16.6 Å². The minimum Gasteiger partial charge on any atom is -0.493 e. The molecule has 0 aliphatic rings. The largest absolute Gasteiger partial charge is 0.493 e. The van der Waals surface area contributed by atoms with Crippen LogP contribution in [0, 0.1) is 11.6 Å². The van der Waals surface area contributed by atoms with Crippen molar-refractivity contribution in [1.82, 2.24) is 10.2 Å². The van der Waals surface area contributed by atoms with Crippen LogP contribution in [0.5, 0.6) is 5.75 Å². The van der Waals surface area contributed by atoms with Crippen molar-refractivity contribution in [3.8, 4) is 5.75 Å². The van der Waals surface area contributed by atoms with Crippen LogP contribution in [0.3, 0.4) is 0 Å². The van der Waals surface area contributed by atoms with E-state index in [1.807, 2.05) is 0 Å². The fourth-order valence-electron chi connectivity index (χ4n) is 3.72. The molecule has 1 atom stereocenters. The number of nitrogens with zero attached hydrogens (tertiary/aromatic N) is 1. The summed E-state index contributed by atoms with van der Waals surface area (Å²) in [6.07, 6.45) is -4.45. The van der Waals surface area contributed by atoms with Crippen LogP contribution in [0.15, 0.2) is 36.5 Å². The number of hydrogen-bond donors (Lipinski definition) is 3. The van der Waals surface area contributed by atoms with E-state index in [4.69, 9.17) is 4.74 Å². The Morgan fingerprint density at radius 3 is 2.52 bits per heavy atom. The Morgan fingerprint density at radius 2 is 1.87 bits per heavy atom. The Bertz CT molecular complexity index is 1080. The van der Waals surface area contributed by atoms with Gasteiger partial charge in [0.1, 0.15) is 5.82 Å². The lowest BCUT2D eigenvalue weighted by molar-refractivity contribution is -0.260. The number of benzene rings is 2. The summed E-state index contributed by atoms with van der Waals surface area (Å²) in [5, 5.41) is 20.5. The van der Waals surface area contributed by atoms with E-state index in [0.717, 1.165) is 13.2 Å². The number of fused-ring (bicyclic) bond motifs is 1. The summed E-state index contributed by atoms with van der Waals surface area (Å²) in [7, 11) is 1.14. The minimum atomic E-state index is -5.03. The van der Waals surface area contributed by atoms with Crippen molar-refractivity contribution in [2.45, 2.75) is 37.5 Å². The number of rotatable bonds is 7. The number of methoxy groups -OCH3 is 1. The summed E-state index contributed by atoms with van der Waals surface area (Å²) in [5.41, 5.74) is -3.87. The van der Waals surface area contributed by atoms with Gasteiger partial charge in [0, 0.05) is 22.7 Å². The second-order valence-corrected chi connectivity index (χ2v) is 8.05. The van der Waals surface area contributed by atoms with Crippen molar-refractivity contribution in [2.24, 2.45) is 0 Å². The Kier molecular flexibility index (Phi) is 5.88. The quantitative estimate of drug-likeness (QED) is 0.454. The molecule has 0 amide bonds. The third-order valence-corrected chi connectivity index (χ3v) is 5.26. The molecule has 3 N–H and O–H groups in total. The first-order valence-corrected chi connectivity index (χ1v) is 9.36. The van der Waals surface area contributed by atoms with Crippen molar-refractivity contribution in [3.63, 3.8) is 0 Å². The Hall–Kier alpha value is -2.88. The van der Waals surface area contributed by atoms with Gasteiger partial charge in [0.15, 0.2) is 17.2 Å². The number of aliphatic hydroxyl groups is 1. The predicted octanol–water partition coefficient (Wildman–Crippen LogP) is 4.92. The highest BCUT2D eigenvalue weighted by molar-refractivity contribution is 5.90. The number of H-pyrrole nitrogens is 1. The predicted molar refractivity (Wildman–Crippen MR) is 106 cm³/mol. The van der Waals surface area contributed by atoms with E-state index in [9.17, 15) is 27.1 Å². The van der Waals surface area contributed by atoms with E-state index < -0.39 is 41.8 Å². The molecule has 10 heteroatoms. The second-order valence-electron chi connectivity index (χ2n) is 8.05. The van der Waals surface area contributed by atoms with E-state index in [1.165, 1.54) is 20.0 Å². The molecular formula is C21H22F5N3O2. The molecule has 0 fully saturated rings. The zero-order valence-electron chi connectivity index (χ0n) is 17.1.